The van der Waals surface area contributed by atoms with Gasteiger partial charge in [-0.25, -0.2) is 0 Å². The van der Waals surface area contributed by atoms with Crippen LogP contribution < -0.4 is 4.90 Å². The lowest BCUT2D eigenvalue weighted by molar-refractivity contribution is 0.590. The Morgan fingerprint density at radius 2 is 1.09 bits per heavy atom. The number of benzene rings is 5. The number of fused-ring (bicyclic) bond motifs is 1. The van der Waals surface area contributed by atoms with Crippen LogP contribution in [-0.4, -0.2) is 4.57 Å². The Balaban J connectivity index is 1.48. The quantitative estimate of drug-likeness (QED) is 0.209. The molecule has 0 saturated heterocycles. The van der Waals surface area contributed by atoms with E-state index in [4.69, 9.17) is 0 Å². The summed E-state index contributed by atoms with van der Waals surface area (Å²) in [5.74, 6) is 0. The fraction of sp³-hybridized carbons (Fsp3) is 0.268. The maximum Gasteiger partial charge on any atom is 0.0583 e. The number of para-hydroxylation sites is 2. The largest absolute Gasteiger partial charge is 0.310 e. The Kier molecular flexibility index (Phi) is 5.15. The van der Waals surface area contributed by atoms with Crippen molar-refractivity contribution < 1.29 is 0 Å². The fourth-order valence-corrected chi connectivity index (χ4v) is 7.85. The topological polar surface area (TPSA) is 8.17 Å². The molecule has 2 aliphatic heterocycles. The van der Waals surface area contributed by atoms with Gasteiger partial charge in [0.2, 0.25) is 0 Å². The summed E-state index contributed by atoms with van der Waals surface area (Å²) in [6.07, 6.45) is 0. The Bertz CT molecular complexity index is 2100. The molecule has 6 aromatic rings. The molecule has 5 aromatic carbocycles. The minimum atomic E-state index is -0.160. The summed E-state index contributed by atoms with van der Waals surface area (Å²) in [6.45, 7) is 18.6. The molecule has 43 heavy (non-hydrogen) atoms. The molecule has 0 atom stereocenters. The summed E-state index contributed by atoms with van der Waals surface area (Å²) >= 11 is 0. The lowest BCUT2D eigenvalue weighted by Gasteiger charge is -2.42. The highest BCUT2D eigenvalue weighted by atomic mass is 15.1. The normalized spacial score (nSPS) is 15.8. The monoisotopic (exact) mass is 560 g/mol. The second kappa shape index (κ2) is 8.41. The Morgan fingerprint density at radius 3 is 1.72 bits per heavy atom. The van der Waals surface area contributed by atoms with Gasteiger partial charge in [0, 0.05) is 38.7 Å². The standard InChI is InChI=1S/C41H40N2/c1-25-15-19-27(20-16-25)42(28-21-17-26(18-22-28)39(2,3)4)29-23-31-30-11-9-12-32-36(30)43-37(31)35(24-29)41(7,8)34-14-10-13-33(38(34)43)40(32,5)6/h9-24H,1-8H3. The highest BCUT2D eigenvalue weighted by Crippen LogP contribution is 2.56. The Morgan fingerprint density at radius 1 is 0.558 bits per heavy atom. The first kappa shape index (κ1) is 26.3. The summed E-state index contributed by atoms with van der Waals surface area (Å²) in [4.78, 5) is 2.44. The van der Waals surface area contributed by atoms with Crippen molar-refractivity contribution in [3.63, 3.8) is 0 Å². The molecule has 0 aliphatic carbocycles. The van der Waals surface area contributed by atoms with Crippen LogP contribution in [0.3, 0.4) is 0 Å². The van der Waals surface area contributed by atoms with Gasteiger partial charge in [0.05, 0.1) is 16.7 Å². The number of aromatic nitrogens is 1. The van der Waals surface area contributed by atoms with Crippen LogP contribution >= 0.6 is 0 Å². The summed E-state index contributed by atoms with van der Waals surface area (Å²) in [6, 6.07) is 37.0. The number of nitrogens with zero attached hydrogens (tertiary/aromatic N) is 2. The van der Waals surface area contributed by atoms with E-state index in [1.54, 1.807) is 0 Å². The zero-order valence-electron chi connectivity index (χ0n) is 26.6. The van der Waals surface area contributed by atoms with E-state index in [0.717, 1.165) is 0 Å². The van der Waals surface area contributed by atoms with Gasteiger partial charge in [-0.3, -0.25) is 0 Å². The second-order valence-corrected chi connectivity index (χ2v) is 14.8. The molecule has 0 bridgehead atoms. The van der Waals surface area contributed by atoms with Crippen molar-refractivity contribution in [2.75, 3.05) is 4.90 Å². The van der Waals surface area contributed by atoms with E-state index in [0.29, 0.717) is 0 Å². The van der Waals surface area contributed by atoms with Crippen molar-refractivity contribution in [1.82, 2.24) is 4.57 Å². The molecule has 0 N–H and O–H groups in total. The number of hydrogen-bond acceptors (Lipinski definition) is 1. The van der Waals surface area contributed by atoms with Gasteiger partial charge in [0.15, 0.2) is 0 Å². The summed E-state index contributed by atoms with van der Waals surface area (Å²) in [5.41, 5.74) is 15.8. The third-order valence-corrected chi connectivity index (χ3v) is 10.4. The third kappa shape index (κ3) is 3.47. The molecule has 2 aliphatic rings. The van der Waals surface area contributed by atoms with Crippen molar-refractivity contribution in [2.45, 2.75) is 71.6 Å². The Labute approximate surface area is 255 Å². The molecular formula is C41H40N2. The van der Waals surface area contributed by atoms with Crippen LogP contribution in [0.2, 0.25) is 0 Å². The van der Waals surface area contributed by atoms with Gasteiger partial charge < -0.3 is 9.47 Å². The SMILES string of the molecule is Cc1ccc(N(c2ccc(C(C)(C)C)cc2)c2cc3c4c(c2)c2cccc5c2n4-c2c(cccc2C3(C)C)C5(C)C)cc1. The van der Waals surface area contributed by atoms with Crippen LogP contribution in [0, 0.1) is 6.92 Å². The molecular weight excluding hydrogens is 520 g/mol. The molecule has 0 saturated carbocycles. The average molecular weight is 561 g/mol. The molecule has 2 nitrogen and oxygen atoms in total. The zero-order chi connectivity index (χ0) is 30.1. The third-order valence-electron chi connectivity index (χ3n) is 10.4. The molecule has 8 rings (SSSR count). The van der Waals surface area contributed by atoms with Crippen LogP contribution in [0.25, 0.3) is 27.5 Å². The molecule has 214 valence electrons. The highest BCUT2D eigenvalue weighted by Gasteiger charge is 2.43. The number of hydrogen-bond donors (Lipinski definition) is 0. The molecule has 0 fully saturated rings. The Hall–Kier alpha value is -4.30. The van der Waals surface area contributed by atoms with E-state index < -0.39 is 0 Å². The smallest absolute Gasteiger partial charge is 0.0583 e. The van der Waals surface area contributed by atoms with Crippen LogP contribution in [-0.2, 0) is 16.2 Å². The van der Waals surface area contributed by atoms with E-state index in [-0.39, 0.29) is 16.2 Å². The maximum absolute atomic E-state index is 2.61. The van der Waals surface area contributed by atoms with Crippen molar-refractivity contribution in [2.24, 2.45) is 0 Å². The minimum absolute atomic E-state index is 0.0750. The molecule has 3 heterocycles. The number of rotatable bonds is 3. The van der Waals surface area contributed by atoms with Crippen LogP contribution in [0.5, 0.6) is 0 Å². The van der Waals surface area contributed by atoms with Crippen molar-refractivity contribution >= 4 is 38.9 Å². The van der Waals surface area contributed by atoms with E-state index >= 15 is 0 Å². The first-order valence-corrected chi connectivity index (χ1v) is 15.6. The van der Waals surface area contributed by atoms with Gasteiger partial charge in [-0.05, 0) is 76.6 Å². The van der Waals surface area contributed by atoms with E-state index in [2.05, 4.69) is 162 Å². The average Bonchev–Trinajstić information content (AvgIpc) is 3.31. The number of anilines is 3. The van der Waals surface area contributed by atoms with Crippen LogP contribution in [0.4, 0.5) is 17.1 Å². The zero-order valence-corrected chi connectivity index (χ0v) is 26.6. The molecule has 2 heteroatoms. The van der Waals surface area contributed by atoms with Crippen molar-refractivity contribution in [1.29, 1.82) is 0 Å². The summed E-state index contributed by atoms with van der Waals surface area (Å²) in [7, 11) is 0. The van der Waals surface area contributed by atoms with Crippen LogP contribution in [0.15, 0.2) is 97.1 Å². The first-order chi connectivity index (χ1) is 20.4. The summed E-state index contributed by atoms with van der Waals surface area (Å²) < 4.78 is 2.61. The lowest BCUT2D eigenvalue weighted by Crippen LogP contribution is -2.33. The van der Waals surface area contributed by atoms with Crippen LogP contribution in [0.1, 0.15) is 81.8 Å². The molecule has 1 aromatic heterocycles. The van der Waals surface area contributed by atoms with E-state index in [9.17, 15) is 0 Å². The van der Waals surface area contributed by atoms with Gasteiger partial charge >= 0.3 is 0 Å². The van der Waals surface area contributed by atoms with E-state index in [1.165, 1.54) is 77.9 Å². The minimum Gasteiger partial charge on any atom is -0.310 e. The number of aryl methyl sites for hydroxylation is 1. The summed E-state index contributed by atoms with van der Waals surface area (Å²) in [5, 5.41) is 2.67. The highest BCUT2D eigenvalue weighted by molar-refractivity contribution is 6.15. The first-order valence-electron chi connectivity index (χ1n) is 15.6. The van der Waals surface area contributed by atoms with Gasteiger partial charge in [-0.2, -0.15) is 0 Å². The van der Waals surface area contributed by atoms with Crippen molar-refractivity contribution in [3.05, 3.63) is 130 Å². The predicted molar refractivity (Wildman–Crippen MR) is 183 cm³/mol. The van der Waals surface area contributed by atoms with E-state index in [1.807, 2.05) is 0 Å². The molecule has 0 amide bonds. The van der Waals surface area contributed by atoms with Gasteiger partial charge in [0.1, 0.15) is 0 Å². The fourth-order valence-electron chi connectivity index (χ4n) is 7.85. The molecule has 0 spiro atoms. The van der Waals surface area contributed by atoms with Gasteiger partial charge in [0.25, 0.3) is 0 Å². The van der Waals surface area contributed by atoms with Gasteiger partial charge in [-0.15, -0.1) is 0 Å². The molecule has 0 unspecified atom stereocenters. The molecule has 0 radical (unpaired) electrons. The predicted octanol–water partition coefficient (Wildman–Crippen LogP) is 11.1. The van der Waals surface area contributed by atoms with Gasteiger partial charge in [-0.1, -0.05) is 115 Å². The second-order valence-electron chi connectivity index (χ2n) is 14.8. The van der Waals surface area contributed by atoms with Crippen molar-refractivity contribution in [3.8, 4) is 5.69 Å². The maximum atomic E-state index is 2.61. The lowest BCUT2D eigenvalue weighted by atomic mass is 9.68.